The third-order valence-corrected chi connectivity index (χ3v) is 4.07. The summed E-state index contributed by atoms with van der Waals surface area (Å²) < 4.78 is 0. The molecular weight excluding hydrogens is 347 g/mol. The first kappa shape index (κ1) is 18.3. The molecule has 2 amide bonds. The van der Waals surface area contributed by atoms with E-state index in [1.807, 2.05) is 13.0 Å². The minimum atomic E-state index is -0.193. The van der Waals surface area contributed by atoms with Crippen molar-refractivity contribution in [2.45, 2.75) is 26.7 Å². The third-order valence-electron chi connectivity index (χ3n) is 3.48. The van der Waals surface area contributed by atoms with Gasteiger partial charge in [-0.05, 0) is 42.3 Å². The topological polar surface area (TPSA) is 58.2 Å². The van der Waals surface area contributed by atoms with Crippen molar-refractivity contribution < 1.29 is 9.59 Å². The Labute approximate surface area is 151 Å². The van der Waals surface area contributed by atoms with Crippen LogP contribution >= 0.6 is 23.2 Å². The molecular formula is C18H18Cl2N2O2. The number of anilines is 2. The fourth-order valence-corrected chi connectivity index (χ4v) is 2.59. The van der Waals surface area contributed by atoms with E-state index in [0.717, 1.165) is 5.56 Å². The summed E-state index contributed by atoms with van der Waals surface area (Å²) in [6.45, 7) is 3.67. The monoisotopic (exact) mass is 364 g/mol. The standard InChI is InChI=1S/C18H18Cl2N2O2/c1-3-17(23)21-14-7-4-11(2)16(10-14)22-18(24)8-12-5-6-13(19)9-15(12)20/h4-7,9-10H,3,8H2,1-2H3,(H,21,23)(H,22,24). The van der Waals surface area contributed by atoms with Gasteiger partial charge in [-0.3, -0.25) is 9.59 Å². The molecule has 0 heterocycles. The second-order valence-electron chi connectivity index (χ2n) is 5.39. The maximum Gasteiger partial charge on any atom is 0.228 e. The van der Waals surface area contributed by atoms with E-state index in [-0.39, 0.29) is 18.2 Å². The van der Waals surface area contributed by atoms with Crippen LogP contribution in [0.3, 0.4) is 0 Å². The number of nitrogens with one attached hydrogen (secondary N) is 2. The molecule has 0 saturated heterocycles. The van der Waals surface area contributed by atoms with Crippen LogP contribution in [0.1, 0.15) is 24.5 Å². The molecule has 0 atom stereocenters. The molecule has 0 saturated carbocycles. The number of hydrogen-bond acceptors (Lipinski definition) is 2. The van der Waals surface area contributed by atoms with Crippen molar-refractivity contribution in [3.63, 3.8) is 0 Å². The van der Waals surface area contributed by atoms with Crippen molar-refractivity contribution in [3.8, 4) is 0 Å². The van der Waals surface area contributed by atoms with Gasteiger partial charge in [0, 0.05) is 27.8 Å². The lowest BCUT2D eigenvalue weighted by molar-refractivity contribution is -0.116. The summed E-state index contributed by atoms with van der Waals surface area (Å²) >= 11 is 11.9. The van der Waals surface area contributed by atoms with Gasteiger partial charge in [-0.25, -0.2) is 0 Å². The third kappa shape index (κ3) is 4.98. The predicted octanol–water partition coefficient (Wildman–Crippen LogP) is 4.83. The molecule has 2 N–H and O–H groups in total. The largest absolute Gasteiger partial charge is 0.326 e. The zero-order valence-corrected chi connectivity index (χ0v) is 15.0. The van der Waals surface area contributed by atoms with E-state index < -0.39 is 0 Å². The van der Waals surface area contributed by atoms with Gasteiger partial charge in [0.15, 0.2) is 0 Å². The quantitative estimate of drug-likeness (QED) is 0.797. The van der Waals surface area contributed by atoms with Crippen LogP contribution in [-0.2, 0) is 16.0 Å². The highest BCUT2D eigenvalue weighted by Gasteiger charge is 2.10. The summed E-state index contributed by atoms with van der Waals surface area (Å²) in [5.74, 6) is -0.273. The molecule has 0 aliphatic heterocycles. The van der Waals surface area contributed by atoms with Gasteiger partial charge in [-0.1, -0.05) is 42.3 Å². The average molecular weight is 365 g/mol. The second-order valence-corrected chi connectivity index (χ2v) is 6.24. The molecule has 4 nitrogen and oxygen atoms in total. The summed E-state index contributed by atoms with van der Waals surface area (Å²) in [6.07, 6.45) is 0.533. The summed E-state index contributed by atoms with van der Waals surface area (Å²) in [5, 5.41) is 6.61. The highest BCUT2D eigenvalue weighted by Crippen LogP contribution is 2.23. The molecule has 126 valence electrons. The number of benzene rings is 2. The molecule has 0 aromatic heterocycles. The Morgan fingerprint density at radius 2 is 1.75 bits per heavy atom. The van der Waals surface area contributed by atoms with Gasteiger partial charge >= 0.3 is 0 Å². The van der Waals surface area contributed by atoms with Crippen LogP contribution in [0, 0.1) is 6.92 Å². The maximum atomic E-state index is 12.3. The van der Waals surface area contributed by atoms with Crippen LogP contribution in [0.5, 0.6) is 0 Å². The number of carbonyl (C=O) groups is 2. The van der Waals surface area contributed by atoms with E-state index in [1.165, 1.54) is 0 Å². The molecule has 0 spiro atoms. The normalized spacial score (nSPS) is 10.3. The summed E-state index contributed by atoms with van der Waals surface area (Å²) in [6, 6.07) is 10.4. The van der Waals surface area contributed by atoms with Crippen molar-refractivity contribution in [1.82, 2.24) is 0 Å². The molecule has 0 unspecified atom stereocenters. The van der Waals surface area contributed by atoms with Gasteiger partial charge in [0.25, 0.3) is 0 Å². The number of rotatable bonds is 5. The Hall–Kier alpha value is -2.04. The molecule has 24 heavy (non-hydrogen) atoms. The first-order chi connectivity index (χ1) is 11.4. The van der Waals surface area contributed by atoms with Crippen molar-refractivity contribution in [2.24, 2.45) is 0 Å². The summed E-state index contributed by atoms with van der Waals surface area (Å²) in [4.78, 5) is 23.8. The highest BCUT2D eigenvalue weighted by atomic mass is 35.5. The molecule has 0 aliphatic rings. The Morgan fingerprint density at radius 1 is 1.00 bits per heavy atom. The zero-order chi connectivity index (χ0) is 17.7. The number of carbonyl (C=O) groups excluding carboxylic acids is 2. The van der Waals surface area contributed by atoms with Crippen LogP contribution in [0.4, 0.5) is 11.4 Å². The fourth-order valence-electron chi connectivity index (χ4n) is 2.12. The molecule has 0 aliphatic carbocycles. The number of aryl methyl sites for hydroxylation is 1. The lowest BCUT2D eigenvalue weighted by Crippen LogP contribution is -2.16. The summed E-state index contributed by atoms with van der Waals surface area (Å²) in [7, 11) is 0. The van der Waals surface area contributed by atoms with Crippen LogP contribution < -0.4 is 10.6 Å². The van der Waals surface area contributed by atoms with Crippen LogP contribution in [-0.4, -0.2) is 11.8 Å². The van der Waals surface area contributed by atoms with Gasteiger partial charge in [0.05, 0.1) is 6.42 Å². The number of halogens is 2. The van der Waals surface area contributed by atoms with E-state index in [2.05, 4.69) is 10.6 Å². The lowest BCUT2D eigenvalue weighted by atomic mass is 10.1. The Morgan fingerprint density at radius 3 is 2.42 bits per heavy atom. The second kappa shape index (κ2) is 8.18. The van der Waals surface area contributed by atoms with E-state index >= 15 is 0 Å². The number of amides is 2. The summed E-state index contributed by atoms with van der Waals surface area (Å²) in [5.41, 5.74) is 2.90. The molecule has 2 aromatic rings. The van der Waals surface area contributed by atoms with Gasteiger partial charge in [-0.15, -0.1) is 0 Å². The van der Waals surface area contributed by atoms with Crippen LogP contribution in [0.2, 0.25) is 10.0 Å². The predicted molar refractivity (Wildman–Crippen MR) is 98.9 cm³/mol. The van der Waals surface area contributed by atoms with Gasteiger partial charge < -0.3 is 10.6 Å². The van der Waals surface area contributed by atoms with Crippen molar-refractivity contribution in [1.29, 1.82) is 0 Å². The average Bonchev–Trinajstić information content (AvgIpc) is 2.53. The van der Waals surface area contributed by atoms with Crippen LogP contribution in [0.25, 0.3) is 0 Å². The first-order valence-corrected chi connectivity index (χ1v) is 8.29. The zero-order valence-electron chi connectivity index (χ0n) is 13.5. The van der Waals surface area contributed by atoms with Gasteiger partial charge in [0.1, 0.15) is 0 Å². The van der Waals surface area contributed by atoms with E-state index in [9.17, 15) is 9.59 Å². The van der Waals surface area contributed by atoms with Crippen molar-refractivity contribution >= 4 is 46.4 Å². The molecule has 2 rings (SSSR count). The SMILES string of the molecule is CCC(=O)Nc1ccc(C)c(NC(=O)Cc2ccc(Cl)cc2Cl)c1. The fraction of sp³-hybridized carbons (Fsp3) is 0.222. The Kier molecular flexibility index (Phi) is 6.23. The van der Waals surface area contributed by atoms with Gasteiger partial charge in [0.2, 0.25) is 11.8 Å². The molecule has 0 bridgehead atoms. The highest BCUT2D eigenvalue weighted by molar-refractivity contribution is 6.35. The maximum absolute atomic E-state index is 12.3. The Bertz CT molecular complexity index is 776. The molecule has 0 radical (unpaired) electrons. The minimum absolute atomic E-state index is 0.0796. The molecule has 6 heteroatoms. The van der Waals surface area contributed by atoms with Crippen molar-refractivity contribution in [3.05, 3.63) is 57.6 Å². The van der Waals surface area contributed by atoms with Crippen molar-refractivity contribution in [2.75, 3.05) is 10.6 Å². The molecule has 2 aromatic carbocycles. The smallest absolute Gasteiger partial charge is 0.228 e. The van der Waals surface area contributed by atoms with Gasteiger partial charge in [-0.2, -0.15) is 0 Å². The van der Waals surface area contributed by atoms with E-state index in [4.69, 9.17) is 23.2 Å². The van der Waals surface area contributed by atoms with Crippen LogP contribution in [0.15, 0.2) is 36.4 Å². The van der Waals surface area contributed by atoms with E-state index in [0.29, 0.717) is 33.4 Å². The minimum Gasteiger partial charge on any atom is -0.326 e. The first-order valence-electron chi connectivity index (χ1n) is 7.53. The van der Waals surface area contributed by atoms with E-state index in [1.54, 1.807) is 37.3 Å². The lowest BCUT2D eigenvalue weighted by Gasteiger charge is -2.12. The Balaban J connectivity index is 2.10. The number of hydrogen-bond donors (Lipinski definition) is 2. The molecule has 0 fully saturated rings.